The third-order valence-electron chi connectivity index (χ3n) is 1.83. The number of hydrogen-bond acceptors (Lipinski definition) is 4. The molecular formula is C9H16N2O2S2. The van der Waals surface area contributed by atoms with E-state index in [1.807, 2.05) is 6.92 Å². The fourth-order valence-electron chi connectivity index (χ4n) is 1.08. The Morgan fingerprint density at radius 3 is 2.80 bits per heavy atom. The van der Waals surface area contributed by atoms with Crippen LogP contribution in [0.5, 0.6) is 0 Å². The van der Waals surface area contributed by atoms with Crippen LogP contribution < -0.4 is 10.0 Å². The van der Waals surface area contributed by atoms with Crippen LogP contribution in [0.15, 0.2) is 21.7 Å². The van der Waals surface area contributed by atoms with E-state index in [4.69, 9.17) is 0 Å². The predicted molar refractivity (Wildman–Crippen MR) is 62.7 cm³/mol. The second kappa shape index (κ2) is 6.22. The maximum Gasteiger partial charge on any atom is 0.250 e. The third-order valence-corrected chi connectivity index (χ3v) is 4.69. The number of nitrogens with one attached hydrogen (secondary N) is 2. The lowest BCUT2D eigenvalue weighted by molar-refractivity contribution is 0.577. The molecule has 0 saturated carbocycles. The van der Waals surface area contributed by atoms with Gasteiger partial charge >= 0.3 is 0 Å². The molecule has 1 heterocycles. The van der Waals surface area contributed by atoms with E-state index in [2.05, 4.69) is 10.0 Å². The highest BCUT2D eigenvalue weighted by molar-refractivity contribution is 7.91. The molecule has 4 nitrogen and oxygen atoms in total. The summed E-state index contributed by atoms with van der Waals surface area (Å²) in [7, 11) is -3.26. The SMILES string of the molecule is CCNCCCNS(=O)(=O)c1cccs1. The second-order valence-electron chi connectivity index (χ2n) is 3.04. The van der Waals surface area contributed by atoms with Crippen molar-refractivity contribution in [3.05, 3.63) is 17.5 Å². The van der Waals surface area contributed by atoms with E-state index in [-0.39, 0.29) is 0 Å². The number of thiophene rings is 1. The molecule has 0 aromatic carbocycles. The molecule has 0 radical (unpaired) electrons. The Morgan fingerprint density at radius 2 is 2.20 bits per heavy atom. The molecule has 86 valence electrons. The Kier molecular flexibility index (Phi) is 5.24. The Bertz CT molecular complexity index is 359. The van der Waals surface area contributed by atoms with Crippen molar-refractivity contribution >= 4 is 21.4 Å². The Morgan fingerprint density at radius 1 is 1.40 bits per heavy atom. The van der Waals surface area contributed by atoms with Crippen molar-refractivity contribution in [2.75, 3.05) is 19.6 Å². The lowest BCUT2D eigenvalue weighted by Gasteiger charge is -2.04. The molecule has 0 fully saturated rings. The predicted octanol–water partition coefficient (Wildman–Crippen LogP) is 1.03. The zero-order valence-electron chi connectivity index (χ0n) is 8.69. The smallest absolute Gasteiger partial charge is 0.250 e. The average molecular weight is 248 g/mol. The first-order valence-electron chi connectivity index (χ1n) is 4.90. The first-order chi connectivity index (χ1) is 7.17. The molecule has 0 spiro atoms. The van der Waals surface area contributed by atoms with Crippen molar-refractivity contribution in [3.8, 4) is 0 Å². The zero-order chi connectivity index (χ0) is 11.1. The molecule has 0 aliphatic rings. The molecule has 0 atom stereocenters. The summed E-state index contributed by atoms with van der Waals surface area (Å²) in [6.45, 7) is 4.25. The van der Waals surface area contributed by atoms with E-state index >= 15 is 0 Å². The fraction of sp³-hybridized carbons (Fsp3) is 0.556. The van der Waals surface area contributed by atoms with Gasteiger partial charge in [-0.05, 0) is 31.0 Å². The molecule has 1 aromatic rings. The highest BCUT2D eigenvalue weighted by atomic mass is 32.2. The van der Waals surface area contributed by atoms with E-state index in [1.54, 1.807) is 17.5 Å². The van der Waals surface area contributed by atoms with Crippen LogP contribution in [0.4, 0.5) is 0 Å². The Hall–Kier alpha value is -0.430. The van der Waals surface area contributed by atoms with Crippen LogP contribution in [-0.4, -0.2) is 28.1 Å². The van der Waals surface area contributed by atoms with Crippen molar-refractivity contribution < 1.29 is 8.42 Å². The van der Waals surface area contributed by atoms with Crippen molar-refractivity contribution in [2.24, 2.45) is 0 Å². The summed E-state index contributed by atoms with van der Waals surface area (Å²) in [6.07, 6.45) is 0.804. The topological polar surface area (TPSA) is 58.2 Å². The number of sulfonamides is 1. The van der Waals surface area contributed by atoms with Crippen molar-refractivity contribution in [2.45, 2.75) is 17.6 Å². The van der Waals surface area contributed by atoms with Gasteiger partial charge in [-0.25, -0.2) is 13.1 Å². The molecule has 0 saturated heterocycles. The molecule has 6 heteroatoms. The van der Waals surface area contributed by atoms with E-state index < -0.39 is 10.0 Å². The maximum absolute atomic E-state index is 11.6. The molecular weight excluding hydrogens is 232 g/mol. The van der Waals surface area contributed by atoms with Crippen LogP contribution in [0.1, 0.15) is 13.3 Å². The molecule has 1 aromatic heterocycles. The van der Waals surface area contributed by atoms with Gasteiger partial charge in [0, 0.05) is 6.54 Å². The lowest BCUT2D eigenvalue weighted by atomic mass is 10.4. The molecule has 0 unspecified atom stereocenters. The minimum atomic E-state index is -3.26. The molecule has 2 N–H and O–H groups in total. The summed E-state index contributed by atoms with van der Waals surface area (Å²) in [6, 6.07) is 3.34. The van der Waals surface area contributed by atoms with E-state index in [1.165, 1.54) is 11.3 Å². The van der Waals surface area contributed by atoms with Crippen LogP contribution in [0, 0.1) is 0 Å². The van der Waals surface area contributed by atoms with Gasteiger partial charge in [-0.3, -0.25) is 0 Å². The zero-order valence-corrected chi connectivity index (χ0v) is 10.3. The number of hydrogen-bond donors (Lipinski definition) is 2. The van der Waals surface area contributed by atoms with Gasteiger partial charge in [0.1, 0.15) is 4.21 Å². The first-order valence-corrected chi connectivity index (χ1v) is 7.27. The summed E-state index contributed by atoms with van der Waals surface area (Å²) in [5.41, 5.74) is 0. The average Bonchev–Trinajstić information content (AvgIpc) is 2.70. The summed E-state index contributed by atoms with van der Waals surface area (Å²) in [4.78, 5) is 0. The molecule has 1 rings (SSSR count). The van der Waals surface area contributed by atoms with Crippen molar-refractivity contribution in [3.63, 3.8) is 0 Å². The highest BCUT2D eigenvalue weighted by Gasteiger charge is 2.13. The van der Waals surface area contributed by atoms with Gasteiger partial charge < -0.3 is 5.32 Å². The molecule has 0 bridgehead atoms. The highest BCUT2D eigenvalue weighted by Crippen LogP contribution is 2.14. The van der Waals surface area contributed by atoms with E-state index in [9.17, 15) is 8.42 Å². The van der Waals surface area contributed by atoms with Gasteiger partial charge in [-0.2, -0.15) is 0 Å². The van der Waals surface area contributed by atoms with Gasteiger partial charge in [0.2, 0.25) is 10.0 Å². The van der Waals surface area contributed by atoms with Crippen molar-refractivity contribution in [1.29, 1.82) is 0 Å². The quantitative estimate of drug-likeness (QED) is 0.709. The minimum absolute atomic E-state index is 0.381. The largest absolute Gasteiger partial charge is 0.317 e. The molecule has 0 aliphatic carbocycles. The minimum Gasteiger partial charge on any atom is -0.317 e. The van der Waals surface area contributed by atoms with Crippen LogP contribution in [0.3, 0.4) is 0 Å². The Balaban J connectivity index is 2.32. The number of rotatable bonds is 7. The summed E-state index contributed by atoms with van der Waals surface area (Å²) in [5, 5.41) is 4.89. The van der Waals surface area contributed by atoms with Gasteiger partial charge in [-0.1, -0.05) is 13.0 Å². The monoisotopic (exact) mass is 248 g/mol. The van der Waals surface area contributed by atoms with Crippen LogP contribution in [0.25, 0.3) is 0 Å². The van der Waals surface area contributed by atoms with Gasteiger partial charge in [-0.15, -0.1) is 11.3 Å². The van der Waals surface area contributed by atoms with Crippen LogP contribution >= 0.6 is 11.3 Å². The summed E-state index contributed by atoms with van der Waals surface area (Å²) < 4.78 is 26.2. The summed E-state index contributed by atoms with van der Waals surface area (Å²) in [5.74, 6) is 0. The van der Waals surface area contributed by atoms with Gasteiger partial charge in [0.15, 0.2) is 0 Å². The maximum atomic E-state index is 11.6. The third kappa shape index (κ3) is 4.29. The second-order valence-corrected chi connectivity index (χ2v) is 5.98. The normalized spacial score (nSPS) is 11.8. The summed E-state index contributed by atoms with van der Waals surface area (Å²) >= 11 is 1.23. The van der Waals surface area contributed by atoms with Crippen LogP contribution in [0.2, 0.25) is 0 Å². The standard InChI is InChI=1S/C9H16N2O2S2/c1-2-10-6-4-7-11-15(12,13)9-5-3-8-14-9/h3,5,8,10-11H,2,4,6-7H2,1H3. The molecule has 0 aliphatic heterocycles. The van der Waals surface area contributed by atoms with E-state index in [0.29, 0.717) is 10.8 Å². The van der Waals surface area contributed by atoms with E-state index in [0.717, 1.165) is 19.5 Å². The first kappa shape index (κ1) is 12.6. The fourth-order valence-corrected chi connectivity index (χ4v) is 3.20. The van der Waals surface area contributed by atoms with Gasteiger partial charge in [0.25, 0.3) is 0 Å². The van der Waals surface area contributed by atoms with Crippen LogP contribution in [-0.2, 0) is 10.0 Å². The lowest BCUT2D eigenvalue weighted by Crippen LogP contribution is -2.26. The molecule has 15 heavy (non-hydrogen) atoms. The van der Waals surface area contributed by atoms with Crippen molar-refractivity contribution in [1.82, 2.24) is 10.0 Å². The molecule has 0 amide bonds. The van der Waals surface area contributed by atoms with Gasteiger partial charge in [0.05, 0.1) is 0 Å². The Labute approximate surface area is 94.8 Å².